The van der Waals surface area contributed by atoms with Gasteiger partial charge in [0.2, 0.25) is 5.91 Å². The van der Waals surface area contributed by atoms with Crippen molar-refractivity contribution in [1.82, 2.24) is 20.1 Å². The van der Waals surface area contributed by atoms with Gasteiger partial charge in [-0.15, -0.1) is 21.5 Å². The average molecular weight is 457 g/mol. The first-order valence-corrected chi connectivity index (χ1v) is 12.3. The van der Waals surface area contributed by atoms with Gasteiger partial charge in [0.15, 0.2) is 16.7 Å². The number of benzene rings is 1. The standard InChI is InChI=1S/C22H24N4O3S2/c1-14(15-4-7-18-19(11-15)29-9-8-28-18)23-21(27)13-31-22-25-24-20(26(22)16-5-6-16)12-17-3-2-10-30-17/h2-4,7,10-11,14,16H,5-6,8-9,12-13H2,1H3,(H,23,27). The minimum absolute atomic E-state index is 0.0301. The molecule has 1 unspecified atom stereocenters. The largest absolute Gasteiger partial charge is 0.486 e. The Hall–Kier alpha value is -2.52. The van der Waals surface area contributed by atoms with Gasteiger partial charge in [-0.25, -0.2) is 0 Å². The minimum atomic E-state index is -0.125. The summed E-state index contributed by atoms with van der Waals surface area (Å²) < 4.78 is 13.4. The molecular formula is C22H24N4O3S2. The van der Waals surface area contributed by atoms with Gasteiger partial charge >= 0.3 is 0 Å². The van der Waals surface area contributed by atoms with Crippen LogP contribution in [0.1, 0.15) is 48.1 Å². The van der Waals surface area contributed by atoms with Crippen LogP contribution in [0.15, 0.2) is 40.9 Å². The molecule has 0 spiro atoms. The summed E-state index contributed by atoms with van der Waals surface area (Å²) in [6, 6.07) is 10.3. The van der Waals surface area contributed by atoms with Crippen molar-refractivity contribution in [3.63, 3.8) is 0 Å². The van der Waals surface area contributed by atoms with Crippen LogP contribution in [0.2, 0.25) is 0 Å². The predicted octanol–water partition coefficient (Wildman–Crippen LogP) is 4.01. The summed E-state index contributed by atoms with van der Waals surface area (Å²) in [6.45, 7) is 3.08. The zero-order valence-electron chi connectivity index (χ0n) is 17.2. The van der Waals surface area contributed by atoms with E-state index in [1.807, 2.05) is 25.1 Å². The van der Waals surface area contributed by atoms with Crippen molar-refractivity contribution in [3.05, 3.63) is 52.0 Å². The number of carbonyl (C=O) groups is 1. The van der Waals surface area contributed by atoms with Crippen molar-refractivity contribution in [1.29, 1.82) is 0 Å². The topological polar surface area (TPSA) is 78.3 Å². The van der Waals surface area contributed by atoms with Gasteiger partial charge in [0, 0.05) is 17.3 Å². The number of nitrogens with one attached hydrogen (secondary N) is 1. The number of hydrogen-bond donors (Lipinski definition) is 1. The number of nitrogens with zero attached hydrogens (tertiary/aromatic N) is 3. The zero-order chi connectivity index (χ0) is 21.2. The van der Waals surface area contributed by atoms with E-state index in [1.165, 1.54) is 16.6 Å². The second-order valence-electron chi connectivity index (χ2n) is 7.74. The first-order valence-electron chi connectivity index (χ1n) is 10.5. The summed E-state index contributed by atoms with van der Waals surface area (Å²) in [6.07, 6.45) is 3.09. The van der Waals surface area contributed by atoms with Crippen molar-refractivity contribution in [2.45, 2.75) is 43.4 Å². The van der Waals surface area contributed by atoms with Crippen LogP contribution in [-0.4, -0.2) is 39.6 Å². The van der Waals surface area contributed by atoms with E-state index in [1.54, 1.807) is 11.3 Å². The Labute approximate surface area is 189 Å². The van der Waals surface area contributed by atoms with E-state index in [2.05, 4.69) is 37.6 Å². The normalized spacial score (nSPS) is 16.2. The van der Waals surface area contributed by atoms with Crippen LogP contribution in [0.5, 0.6) is 11.5 Å². The minimum Gasteiger partial charge on any atom is -0.486 e. The van der Waals surface area contributed by atoms with Gasteiger partial charge in [-0.05, 0) is 48.9 Å². The Bertz CT molecular complexity index is 1060. The summed E-state index contributed by atoms with van der Waals surface area (Å²) in [5.41, 5.74) is 0.988. The molecule has 0 radical (unpaired) electrons. The molecule has 2 aromatic heterocycles. The molecule has 1 atom stereocenters. The number of amides is 1. The molecule has 1 saturated carbocycles. The Balaban J connectivity index is 1.20. The molecular weight excluding hydrogens is 432 g/mol. The van der Waals surface area contributed by atoms with Crippen molar-refractivity contribution in [3.8, 4) is 11.5 Å². The number of aromatic nitrogens is 3. The van der Waals surface area contributed by atoms with E-state index in [-0.39, 0.29) is 11.9 Å². The second kappa shape index (κ2) is 8.92. The monoisotopic (exact) mass is 456 g/mol. The molecule has 0 bridgehead atoms. The Morgan fingerprint density at radius 2 is 2.10 bits per heavy atom. The van der Waals surface area contributed by atoms with Gasteiger partial charge in [0.25, 0.3) is 0 Å². The third-order valence-corrected chi connectivity index (χ3v) is 7.16. The van der Waals surface area contributed by atoms with Gasteiger partial charge in [-0.3, -0.25) is 4.79 Å². The van der Waals surface area contributed by atoms with Crippen molar-refractivity contribution in [2.24, 2.45) is 0 Å². The molecule has 31 heavy (non-hydrogen) atoms. The number of rotatable bonds is 8. The summed E-state index contributed by atoms with van der Waals surface area (Å²) in [4.78, 5) is 13.9. The molecule has 3 aromatic rings. The van der Waals surface area contributed by atoms with Crippen LogP contribution in [0, 0.1) is 0 Å². The lowest BCUT2D eigenvalue weighted by atomic mass is 10.1. The molecule has 9 heteroatoms. The quantitative estimate of drug-likeness (QED) is 0.516. The number of carbonyl (C=O) groups excluding carboxylic acids is 1. The Morgan fingerprint density at radius 3 is 2.87 bits per heavy atom. The number of fused-ring (bicyclic) bond motifs is 1. The summed E-state index contributed by atoms with van der Waals surface area (Å²) in [5, 5.41) is 14.8. The number of thioether (sulfide) groups is 1. The molecule has 3 heterocycles. The Kier molecular flexibility index (Phi) is 5.87. The highest BCUT2D eigenvalue weighted by Gasteiger charge is 2.30. The number of thiophene rings is 1. The van der Waals surface area contributed by atoms with Crippen LogP contribution >= 0.6 is 23.1 Å². The highest BCUT2D eigenvalue weighted by Crippen LogP contribution is 2.39. The van der Waals surface area contributed by atoms with Crippen LogP contribution in [0.4, 0.5) is 0 Å². The molecule has 162 valence electrons. The maximum absolute atomic E-state index is 12.6. The molecule has 1 aliphatic heterocycles. The first-order chi connectivity index (χ1) is 15.2. The third-order valence-electron chi connectivity index (χ3n) is 5.34. The number of ether oxygens (including phenoxy) is 2. The maximum Gasteiger partial charge on any atom is 0.230 e. The van der Waals surface area contributed by atoms with Gasteiger partial charge in [0.05, 0.1) is 11.8 Å². The van der Waals surface area contributed by atoms with Crippen LogP contribution in [0.25, 0.3) is 0 Å². The SMILES string of the molecule is CC(NC(=O)CSc1nnc(Cc2cccs2)n1C1CC1)c1ccc2c(c1)OCCO2. The highest BCUT2D eigenvalue weighted by molar-refractivity contribution is 7.99. The molecule has 1 amide bonds. The van der Waals surface area contributed by atoms with E-state index >= 15 is 0 Å². The van der Waals surface area contributed by atoms with Crippen LogP contribution < -0.4 is 14.8 Å². The van der Waals surface area contributed by atoms with Gasteiger partial charge in [0.1, 0.15) is 19.0 Å². The molecule has 1 N–H and O–H groups in total. The van der Waals surface area contributed by atoms with E-state index in [4.69, 9.17) is 9.47 Å². The summed E-state index contributed by atoms with van der Waals surface area (Å²) in [7, 11) is 0. The van der Waals surface area contributed by atoms with E-state index in [0.717, 1.165) is 47.3 Å². The van der Waals surface area contributed by atoms with Gasteiger partial charge in [-0.2, -0.15) is 0 Å². The Morgan fingerprint density at radius 1 is 1.26 bits per heavy atom. The fourth-order valence-corrected chi connectivity index (χ4v) is 5.16. The van der Waals surface area contributed by atoms with Gasteiger partial charge < -0.3 is 19.4 Å². The molecule has 1 fully saturated rings. The van der Waals surface area contributed by atoms with E-state index in [9.17, 15) is 4.79 Å². The van der Waals surface area contributed by atoms with Gasteiger partial charge in [-0.1, -0.05) is 23.9 Å². The number of hydrogen-bond acceptors (Lipinski definition) is 7. The molecule has 1 aromatic carbocycles. The zero-order valence-corrected chi connectivity index (χ0v) is 18.9. The second-order valence-corrected chi connectivity index (χ2v) is 9.71. The van der Waals surface area contributed by atoms with E-state index < -0.39 is 0 Å². The summed E-state index contributed by atoms with van der Waals surface area (Å²) in [5.74, 6) is 2.74. The molecule has 5 rings (SSSR count). The molecule has 0 saturated heterocycles. The van der Waals surface area contributed by atoms with Crippen molar-refractivity contribution < 1.29 is 14.3 Å². The smallest absolute Gasteiger partial charge is 0.230 e. The maximum atomic E-state index is 12.6. The first kappa shape index (κ1) is 20.4. The highest BCUT2D eigenvalue weighted by atomic mass is 32.2. The lowest BCUT2D eigenvalue weighted by Gasteiger charge is -2.21. The lowest BCUT2D eigenvalue weighted by Crippen LogP contribution is -2.28. The molecule has 2 aliphatic rings. The molecule has 1 aliphatic carbocycles. The fourth-order valence-electron chi connectivity index (χ4n) is 3.62. The predicted molar refractivity (Wildman–Crippen MR) is 120 cm³/mol. The van der Waals surface area contributed by atoms with E-state index in [0.29, 0.717) is 25.0 Å². The van der Waals surface area contributed by atoms with Crippen LogP contribution in [-0.2, 0) is 11.2 Å². The third kappa shape index (κ3) is 4.72. The fraction of sp³-hybridized carbons (Fsp3) is 0.409. The average Bonchev–Trinajstić information content (AvgIpc) is 3.33. The molecule has 7 nitrogen and oxygen atoms in total. The lowest BCUT2D eigenvalue weighted by molar-refractivity contribution is -0.119. The van der Waals surface area contributed by atoms with Crippen molar-refractivity contribution >= 4 is 29.0 Å². The summed E-state index contributed by atoms with van der Waals surface area (Å²) >= 11 is 3.18. The van der Waals surface area contributed by atoms with Crippen LogP contribution in [0.3, 0.4) is 0 Å². The van der Waals surface area contributed by atoms with Crippen molar-refractivity contribution in [2.75, 3.05) is 19.0 Å².